The van der Waals surface area contributed by atoms with Crippen molar-refractivity contribution in [3.8, 4) is 0 Å². The number of rotatable bonds is 2. The van der Waals surface area contributed by atoms with Gasteiger partial charge in [0.15, 0.2) is 0 Å². The number of aryl methyl sites for hydroxylation is 1. The van der Waals surface area contributed by atoms with Gasteiger partial charge in [0.2, 0.25) is 0 Å². The third-order valence-corrected chi connectivity index (χ3v) is 3.63. The molecule has 3 heteroatoms. The number of hydrogen-bond acceptors (Lipinski definition) is 1. The molecule has 0 saturated heterocycles. The van der Waals surface area contributed by atoms with Crippen LogP contribution >= 0.6 is 22.6 Å². The Morgan fingerprint density at radius 2 is 1.94 bits per heavy atom. The van der Waals surface area contributed by atoms with E-state index in [9.17, 15) is 4.39 Å². The van der Waals surface area contributed by atoms with E-state index in [0.717, 1.165) is 14.7 Å². The van der Waals surface area contributed by atoms with Gasteiger partial charge in [-0.25, -0.2) is 4.39 Å². The zero-order valence-corrected chi connectivity index (χ0v) is 11.6. The van der Waals surface area contributed by atoms with Crippen LogP contribution in [0.5, 0.6) is 0 Å². The Morgan fingerprint density at radius 1 is 1.18 bits per heavy atom. The molecule has 2 N–H and O–H groups in total. The molecule has 1 atom stereocenters. The quantitative estimate of drug-likeness (QED) is 0.827. The number of nitrogens with two attached hydrogens (primary N) is 1. The van der Waals surface area contributed by atoms with Crippen LogP contribution in [0.3, 0.4) is 0 Å². The van der Waals surface area contributed by atoms with Gasteiger partial charge in [0.25, 0.3) is 0 Å². The minimum atomic E-state index is -0.227. The normalized spacial score (nSPS) is 12.5. The van der Waals surface area contributed by atoms with Crippen molar-refractivity contribution in [1.82, 2.24) is 0 Å². The van der Waals surface area contributed by atoms with Gasteiger partial charge < -0.3 is 5.73 Å². The monoisotopic (exact) mass is 341 g/mol. The van der Waals surface area contributed by atoms with Gasteiger partial charge in [0.05, 0.1) is 6.04 Å². The van der Waals surface area contributed by atoms with Gasteiger partial charge in [0.1, 0.15) is 5.82 Å². The van der Waals surface area contributed by atoms with E-state index in [1.807, 2.05) is 25.1 Å². The van der Waals surface area contributed by atoms with Crippen molar-refractivity contribution in [2.24, 2.45) is 5.73 Å². The Kier molecular flexibility index (Phi) is 3.79. The van der Waals surface area contributed by atoms with E-state index in [2.05, 4.69) is 28.7 Å². The first-order chi connectivity index (χ1) is 8.08. The highest BCUT2D eigenvalue weighted by Crippen LogP contribution is 2.25. The largest absolute Gasteiger partial charge is 0.320 e. The highest BCUT2D eigenvalue weighted by molar-refractivity contribution is 14.1. The van der Waals surface area contributed by atoms with E-state index >= 15 is 0 Å². The standard InChI is InChI=1S/C14H13FIN/c1-9-3-2-4-10(7-9)14(17)12-6-5-11(15)8-13(12)16/h2-8,14H,17H2,1H3. The van der Waals surface area contributed by atoms with Crippen molar-refractivity contribution >= 4 is 22.6 Å². The fourth-order valence-corrected chi connectivity index (χ4v) is 2.61. The minimum absolute atomic E-state index is 0.206. The average molecular weight is 341 g/mol. The number of halogens is 2. The summed E-state index contributed by atoms with van der Waals surface area (Å²) < 4.78 is 13.9. The molecule has 0 aliphatic heterocycles. The smallest absolute Gasteiger partial charge is 0.124 e. The molecule has 0 amide bonds. The van der Waals surface area contributed by atoms with Crippen LogP contribution in [-0.2, 0) is 0 Å². The molecule has 17 heavy (non-hydrogen) atoms. The maximum atomic E-state index is 13.0. The van der Waals surface area contributed by atoms with Crippen molar-refractivity contribution < 1.29 is 4.39 Å². The lowest BCUT2D eigenvalue weighted by Gasteiger charge is -2.15. The van der Waals surface area contributed by atoms with Crippen molar-refractivity contribution in [3.63, 3.8) is 0 Å². The summed E-state index contributed by atoms with van der Waals surface area (Å²) >= 11 is 2.12. The lowest BCUT2D eigenvalue weighted by atomic mass is 9.98. The molecule has 0 fully saturated rings. The lowest BCUT2D eigenvalue weighted by molar-refractivity contribution is 0.625. The van der Waals surface area contributed by atoms with E-state index in [1.54, 1.807) is 6.07 Å². The fourth-order valence-electron chi connectivity index (χ4n) is 1.80. The van der Waals surface area contributed by atoms with E-state index < -0.39 is 0 Å². The maximum Gasteiger partial charge on any atom is 0.124 e. The summed E-state index contributed by atoms with van der Waals surface area (Å²) in [4.78, 5) is 0. The topological polar surface area (TPSA) is 26.0 Å². The molecule has 2 rings (SSSR count). The Labute approximate surface area is 114 Å². The SMILES string of the molecule is Cc1cccc(C(N)c2ccc(F)cc2I)c1. The summed E-state index contributed by atoms with van der Waals surface area (Å²) in [5.41, 5.74) is 9.39. The first-order valence-electron chi connectivity index (χ1n) is 5.35. The second kappa shape index (κ2) is 5.14. The Hall–Kier alpha value is -0.940. The summed E-state index contributed by atoms with van der Waals surface area (Å²) in [6.45, 7) is 2.03. The molecule has 0 saturated carbocycles. The highest BCUT2D eigenvalue weighted by atomic mass is 127. The van der Waals surface area contributed by atoms with Gasteiger partial charge in [-0.2, -0.15) is 0 Å². The molecule has 2 aromatic rings. The summed E-state index contributed by atoms with van der Waals surface area (Å²) in [5, 5.41) is 0. The molecule has 0 radical (unpaired) electrons. The van der Waals surface area contributed by atoms with Gasteiger partial charge in [-0.3, -0.25) is 0 Å². The first-order valence-corrected chi connectivity index (χ1v) is 6.43. The zero-order chi connectivity index (χ0) is 12.4. The van der Waals surface area contributed by atoms with Crippen LogP contribution in [0, 0.1) is 16.3 Å². The number of benzene rings is 2. The van der Waals surface area contributed by atoms with Crippen molar-refractivity contribution in [3.05, 3.63) is 68.5 Å². The molecule has 0 spiro atoms. The van der Waals surface area contributed by atoms with Gasteiger partial charge in [-0.1, -0.05) is 35.9 Å². The maximum absolute atomic E-state index is 13.0. The van der Waals surface area contributed by atoms with Crippen LogP contribution in [0.4, 0.5) is 4.39 Å². The third-order valence-electron chi connectivity index (χ3n) is 2.70. The van der Waals surface area contributed by atoms with E-state index in [4.69, 9.17) is 5.73 Å². The lowest BCUT2D eigenvalue weighted by Crippen LogP contribution is -2.13. The molecule has 0 aromatic heterocycles. The molecular weight excluding hydrogens is 328 g/mol. The Morgan fingerprint density at radius 3 is 2.59 bits per heavy atom. The Bertz CT molecular complexity index is 539. The van der Waals surface area contributed by atoms with Crippen LogP contribution in [-0.4, -0.2) is 0 Å². The third kappa shape index (κ3) is 2.84. The van der Waals surface area contributed by atoms with Gasteiger partial charge in [-0.15, -0.1) is 0 Å². The minimum Gasteiger partial charge on any atom is -0.320 e. The summed E-state index contributed by atoms with van der Waals surface area (Å²) in [5.74, 6) is -0.227. The molecule has 0 heterocycles. The molecule has 0 aliphatic rings. The Balaban J connectivity index is 2.40. The van der Waals surface area contributed by atoms with Crippen LogP contribution in [0.15, 0.2) is 42.5 Å². The summed E-state index contributed by atoms with van der Waals surface area (Å²) in [6, 6.07) is 12.6. The first kappa shape index (κ1) is 12.5. The van der Waals surface area contributed by atoms with Crippen LogP contribution in [0.25, 0.3) is 0 Å². The second-order valence-corrected chi connectivity index (χ2v) is 5.22. The van der Waals surface area contributed by atoms with Crippen molar-refractivity contribution in [2.75, 3.05) is 0 Å². The second-order valence-electron chi connectivity index (χ2n) is 4.06. The zero-order valence-electron chi connectivity index (χ0n) is 9.45. The molecule has 1 nitrogen and oxygen atoms in total. The van der Waals surface area contributed by atoms with Crippen molar-refractivity contribution in [2.45, 2.75) is 13.0 Å². The van der Waals surface area contributed by atoms with E-state index in [1.165, 1.54) is 17.7 Å². The van der Waals surface area contributed by atoms with Gasteiger partial charge >= 0.3 is 0 Å². The summed E-state index contributed by atoms with van der Waals surface area (Å²) in [6.07, 6.45) is 0. The van der Waals surface area contributed by atoms with Crippen molar-refractivity contribution in [1.29, 1.82) is 0 Å². The van der Waals surface area contributed by atoms with E-state index in [0.29, 0.717) is 0 Å². The molecule has 0 aliphatic carbocycles. The molecule has 2 aromatic carbocycles. The molecule has 88 valence electrons. The van der Waals surface area contributed by atoms with Crippen LogP contribution in [0.2, 0.25) is 0 Å². The summed E-state index contributed by atoms with van der Waals surface area (Å²) in [7, 11) is 0. The fraction of sp³-hybridized carbons (Fsp3) is 0.143. The molecule has 0 bridgehead atoms. The predicted molar refractivity (Wildman–Crippen MR) is 76.3 cm³/mol. The highest BCUT2D eigenvalue weighted by Gasteiger charge is 2.12. The predicted octanol–water partition coefficient (Wildman–Crippen LogP) is 3.79. The van der Waals surface area contributed by atoms with Crippen LogP contribution < -0.4 is 5.73 Å². The average Bonchev–Trinajstić information content (AvgIpc) is 2.28. The van der Waals surface area contributed by atoms with E-state index in [-0.39, 0.29) is 11.9 Å². The van der Waals surface area contributed by atoms with Gasteiger partial charge in [0, 0.05) is 3.57 Å². The molecular formula is C14H13FIN. The van der Waals surface area contributed by atoms with Gasteiger partial charge in [-0.05, 0) is 52.8 Å². The van der Waals surface area contributed by atoms with Crippen LogP contribution in [0.1, 0.15) is 22.7 Å². The number of hydrogen-bond donors (Lipinski definition) is 1. The molecule has 1 unspecified atom stereocenters.